The fourth-order valence-corrected chi connectivity index (χ4v) is 0.541. The molecule has 0 spiro atoms. The molecular weight excluding hydrogens is 184 g/mol. The molecule has 9 heavy (non-hydrogen) atoms. The lowest BCUT2D eigenvalue weighted by atomic mass is 10.4. The van der Waals surface area contributed by atoms with Crippen molar-refractivity contribution in [2.24, 2.45) is 0 Å². The molecule has 1 unspecified atom stereocenters. The van der Waals surface area contributed by atoms with Crippen molar-refractivity contribution in [2.45, 2.75) is 9.90 Å². The van der Waals surface area contributed by atoms with Crippen molar-refractivity contribution in [3.63, 3.8) is 0 Å². The highest BCUT2D eigenvalue weighted by atomic mass is 35.6. The molecule has 0 aromatic rings. The summed E-state index contributed by atoms with van der Waals surface area (Å²) < 4.78 is -1.58. The Morgan fingerprint density at radius 2 is 2.00 bits per heavy atom. The average Bonchev–Trinajstić information content (AvgIpc) is 1.64. The smallest absolute Gasteiger partial charge is 0.217 e. The first-order valence-corrected chi connectivity index (χ1v) is 3.51. The zero-order valence-corrected chi connectivity index (χ0v) is 7.13. The minimum atomic E-state index is -1.58. The summed E-state index contributed by atoms with van der Waals surface area (Å²) in [6.07, 6.45) is -0.951. The molecule has 0 aliphatic heterocycles. The van der Waals surface area contributed by atoms with Gasteiger partial charge in [0.1, 0.15) is 6.10 Å². The maximum Gasteiger partial charge on any atom is 0.217 e. The molecule has 0 aliphatic rings. The van der Waals surface area contributed by atoms with Gasteiger partial charge >= 0.3 is 0 Å². The summed E-state index contributed by atoms with van der Waals surface area (Å²) in [4.78, 5) is 0. The van der Waals surface area contributed by atoms with E-state index in [1.807, 2.05) is 0 Å². The van der Waals surface area contributed by atoms with Crippen LogP contribution in [0, 0.1) is 0 Å². The SMILES string of the molecule is CNCC(O)C(Cl)(Cl)Cl. The van der Waals surface area contributed by atoms with Crippen LogP contribution in [0.3, 0.4) is 0 Å². The van der Waals surface area contributed by atoms with Crippen molar-refractivity contribution in [1.29, 1.82) is 0 Å². The Hall–Kier alpha value is 0.790. The molecule has 0 saturated carbocycles. The molecule has 0 saturated heterocycles. The van der Waals surface area contributed by atoms with Crippen LogP contribution in [0.4, 0.5) is 0 Å². The quantitative estimate of drug-likeness (QED) is 0.638. The molecule has 2 nitrogen and oxygen atoms in total. The van der Waals surface area contributed by atoms with E-state index in [0.29, 0.717) is 0 Å². The van der Waals surface area contributed by atoms with Crippen molar-refractivity contribution < 1.29 is 5.11 Å². The number of likely N-dealkylation sites (N-methyl/N-ethyl adjacent to an activating group) is 1. The fourth-order valence-electron chi connectivity index (χ4n) is 0.309. The van der Waals surface area contributed by atoms with Crippen LogP contribution < -0.4 is 5.32 Å². The molecule has 56 valence electrons. The highest BCUT2D eigenvalue weighted by Crippen LogP contribution is 2.29. The molecule has 2 N–H and O–H groups in total. The second kappa shape index (κ2) is 3.84. The van der Waals surface area contributed by atoms with Crippen LogP contribution in [0.5, 0.6) is 0 Å². The Bertz CT molecular complexity index is 82.4. The first-order chi connectivity index (χ1) is 3.98. The molecule has 1 atom stereocenters. The van der Waals surface area contributed by atoms with Crippen LogP contribution in [-0.4, -0.2) is 28.6 Å². The van der Waals surface area contributed by atoms with E-state index in [9.17, 15) is 0 Å². The second-order valence-corrected chi connectivity index (χ2v) is 3.98. The molecule has 0 fully saturated rings. The number of nitrogens with one attached hydrogen (secondary N) is 1. The predicted molar refractivity (Wildman–Crippen MR) is 40.2 cm³/mol. The minimum Gasteiger partial charge on any atom is -0.387 e. The third-order valence-corrected chi connectivity index (χ3v) is 1.53. The lowest BCUT2D eigenvalue weighted by molar-refractivity contribution is 0.178. The zero-order chi connectivity index (χ0) is 7.49. The predicted octanol–water partition coefficient (Wildman–Crippen LogP) is 0.937. The van der Waals surface area contributed by atoms with Crippen LogP contribution in [-0.2, 0) is 0 Å². The maximum atomic E-state index is 8.93. The third kappa shape index (κ3) is 4.23. The maximum absolute atomic E-state index is 8.93. The van der Waals surface area contributed by atoms with Crippen LogP contribution in [0.1, 0.15) is 0 Å². The topological polar surface area (TPSA) is 32.3 Å². The molecule has 5 heteroatoms. The van der Waals surface area contributed by atoms with Gasteiger partial charge in [-0.2, -0.15) is 0 Å². The van der Waals surface area contributed by atoms with Crippen LogP contribution in [0.2, 0.25) is 0 Å². The van der Waals surface area contributed by atoms with Crippen molar-refractivity contribution >= 4 is 34.8 Å². The van der Waals surface area contributed by atoms with Gasteiger partial charge in [0, 0.05) is 6.54 Å². The van der Waals surface area contributed by atoms with Gasteiger partial charge < -0.3 is 10.4 Å². The molecule has 0 amide bonds. The first kappa shape index (κ1) is 9.79. The van der Waals surface area contributed by atoms with E-state index >= 15 is 0 Å². The number of rotatable bonds is 2. The molecule has 0 radical (unpaired) electrons. The summed E-state index contributed by atoms with van der Waals surface area (Å²) >= 11 is 15.9. The first-order valence-electron chi connectivity index (χ1n) is 2.38. The van der Waals surface area contributed by atoms with Gasteiger partial charge in [-0.1, -0.05) is 34.8 Å². The Labute approximate surface area is 69.1 Å². The molecule has 0 bridgehead atoms. The number of hydrogen-bond donors (Lipinski definition) is 2. The number of aliphatic hydroxyl groups is 1. The van der Waals surface area contributed by atoms with Crippen molar-refractivity contribution in [2.75, 3.05) is 13.6 Å². The van der Waals surface area contributed by atoms with E-state index in [1.165, 1.54) is 0 Å². The molecule has 0 rings (SSSR count). The Morgan fingerprint density at radius 3 is 2.11 bits per heavy atom. The molecular formula is C4H8Cl3NO. The van der Waals surface area contributed by atoms with Gasteiger partial charge in [-0.3, -0.25) is 0 Å². The second-order valence-electron chi connectivity index (χ2n) is 1.62. The summed E-state index contributed by atoms with van der Waals surface area (Å²) in [5.74, 6) is 0. The van der Waals surface area contributed by atoms with Crippen molar-refractivity contribution in [1.82, 2.24) is 5.32 Å². The number of hydrogen-bond acceptors (Lipinski definition) is 2. The number of alkyl halides is 3. The molecule has 0 aromatic heterocycles. The largest absolute Gasteiger partial charge is 0.387 e. The van der Waals surface area contributed by atoms with Gasteiger partial charge in [0.05, 0.1) is 0 Å². The van der Waals surface area contributed by atoms with Gasteiger partial charge in [0.2, 0.25) is 3.79 Å². The summed E-state index contributed by atoms with van der Waals surface area (Å²) in [7, 11) is 1.67. The standard InChI is InChI=1S/C4H8Cl3NO/c1-8-2-3(9)4(5,6)7/h3,8-9H,2H2,1H3. The van der Waals surface area contributed by atoms with Crippen molar-refractivity contribution in [3.05, 3.63) is 0 Å². The van der Waals surface area contributed by atoms with E-state index in [2.05, 4.69) is 5.32 Å². The van der Waals surface area contributed by atoms with Gasteiger partial charge in [-0.05, 0) is 7.05 Å². The Kier molecular flexibility index (Phi) is 4.17. The number of aliphatic hydroxyl groups excluding tert-OH is 1. The third-order valence-electron chi connectivity index (χ3n) is 0.775. The van der Waals surface area contributed by atoms with E-state index in [-0.39, 0.29) is 6.54 Å². The van der Waals surface area contributed by atoms with Crippen LogP contribution in [0.15, 0.2) is 0 Å². The normalized spacial score (nSPS) is 15.7. The van der Waals surface area contributed by atoms with E-state index in [4.69, 9.17) is 39.9 Å². The lowest BCUT2D eigenvalue weighted by Crippen LogP contribution is -2.34. The van der Waals surface area contributed by atoms with Gasteiger partial charge in [0.15, 0.2) is 0 Å². The van der Waals surface area contributed by atoms with E-state index < -0.39 is 9.90 Å². The van der Waals surface area contributed by atoms with Gasteiger partial charge in [-0.15, -0.1) is 0 Å². The van der Waals surface area contributed by atoms with Gasteiger partial charge in [0.25, 0.3) is 0 Å². The fraction of sp³-hybridized carbons (Fsp3) is 1.00. The summed E-state index contributed by atoms with van der Waals surface area (Å²) in [5, 5.41) is 11.6. The van der Waals surface area contributed by atoms with E-state index in [0.717, 1.165) is 0 Å². The summed E-state index contributed by atoms with van der Waals surface area (Å²) in [6, 6.07) is 0. The van der Waals surface area contributed by atoms with Gasteiger partial charge in [-0.25, -0.2) is 0 Å². The van der Waals surface area contributed by atoms with Crippen LogP contribution >= 0.6 is 34.8 Å². The zero-order valence-electron chi connectivity index (χ0n) is 4.87. The molecule has 0 aliphatic carbocycles. The average molecular weight is 192 g/mol. The Balaban J connectivity index is 3.59. The highest BCUT2D eigenvalue weighted by molar-refractivity contribution is 6.68. The minimum absolute atomic E-state index is 0.274. The monoisotopic (exact) mass is 191 g/mol. The summed E-state index contributed by atoms with van der Waals surface area (Å²) in [5.41, 5.74) is 0. The summed E-state index contributed by atoms with van der Waals surface area (Å²) in [6.45, 7) is 0.274. The molecule has 0 heterocycles. The number of halogens is 3. The highest BCUT2D eigenvalue weighted by Gasteiger charge is 2.29. The van der Waals surface area contributed by atoms with Crippen LogP contribution in [0.25, 0.3) is 0 Å². The van der Waals surface area contributed by atoms with E-state index in [1.54, 1.807) is 7.05 Å². The lowest BCUT2D eigenvalue weighted by Gasteiger charge is -2.17. The van der Waals surface area contributed by atoms with Crippen molar-refractivity contribution in [3.8, 4) is 0 Å². The Morgan fingerprint density at radius 1 is 1.56 bits per heavy atom. The molecule has 0 aromatic carbocycles.